The summed E-state index contributed by atoms with van der Waals surface area (Å²) in [5.74, 6) is 1.11. The molecule has 0 saturated carbocycles. The predicted molar refractivity (Wildman–Crippen MR) is 109 cm³/mol. The Morgan fingerprint density at radius 1 is 0.966 bits per heavy atom. The van der Waals surface area contributed by atoms with Gasteiger partial charge in [-0.1, -0.05) is 0 Å². The number of ether oxygens (including phenoxy) is 3. The number of hydrogen-bond donors (Lipinski definition) is 2. The van der Waals surface area contributed by atoms with E-state index in [9.17, 15) is 18.6 Å². The van der Waals surface area contributed by atoms with E-state index in [2.05, 4.69) is 0 Å². The van der Waals surface area contributed by atoms with Gasteiger partial charge >= 0.3 is 0 Å². The smallest absolute Gasteiger partial charge is 0.178 e. The fourth-order valence-electron chi connectivity index (χ4n) is 2.39. The van der Waals surface area contributed by atoms with Crippen molar-refractivity contribution in [3.63, 3.8) is 0 Å². The van der Waals surface area contributed by atoms with Gasteiger partial charge in [0.15, 0.2) is 16.1 Å². The van der Waals surface area contributed by atoms with Crippen molar-refractivity contribution in [2.75, 3.05) is 12.9 Å². The van der Waals surface area contributed by atoms with Crippen molar-refractivity contribution in [2.45, 2.75) is 50.6 Å². The van der Waals surface area contributed by atoms with Crippen LogP contribution in [0.5, 0.6) is 17.2 Å². The van der Waals surface area contributed by atoms with Gasteiger partial charge in [-0.15, -0.1) is 0 Å². The maximum atomic E-state index is 11.6. The van der Waals surface area contributed by atoms with Gasteiger partial charge in [0.2, 0.25) is 0 Å². The van der Waals surface area contributed by atoms with Crippen LogP contribution in [-0.4, -0.2) is 43.2 Å². The van der Waals surface area contributed by atoms with Crippen molar-refractivity contribution in [3.8, 4) is 17.2 Å². The SMILES string of the molecule is C[C@@H](COC(C)(C)C)Oc1cc(Oc2ccc(S(C)(=O)=O)cc2)cc(C(O)O)c1. The molecule has 2 aromatic rings. The van der Waals surface area contributed by atoms with Gasteiger partial charge in [0, 0.05) is 17.9 Å². The van der Waals surface area contributed by atoms with Gasteiger partial charge in [0.1, 0.15) is 23.4 Å². The lowest BCUT2D eigenvalue weighted by Gasteiger charge is -2.23. The van der Waals surface area contributed by atoms with Crippen molar-refractivity contribution < 1.29 is 32.8 Å². The second kappa shape index (κ2) is 9.13. The number of aliphatic hydroxyl groups is 2. The third-order valence-corrected chi connectivity index (χ3v) is 4.90. The number of aliphatic hydroxyl groups excluding tert-OH is 1. The second-order valence-electron chi connectivity index (χ2n) is 7.81. The van der Waals surface area contributed by atoms with E-state index in [-0.39, 0.29) is 22.2 Å². The quantitative estimate of drug-likeness (QED) is 0.626. The van der Waals surface area contributed by atoms with Crippen molar-refractivity contribution in [3.05, 3.63) is 48.0 Å². The first kappa shape index (κ1) is 23.2. The maximum absolute atomic E-state index is 11.6. The highest BCUT2D eigenvalue weighted by atomic mass is 32.2. The Hall–Kier alpha value is -2.13. The van der Waals surface area contributed by atoms with Gasteiger partial charge in [-0.05, 0) is 64.1 Å². The molecule has 7 nitrogen and oxygen atoms in total. The summed E-state index contributed by atoms with van der Waals surface area (Å²) in [6, 6.07) is 10.5. The van der Waals surface area contributed by atoms with Crippen LogP contribution in [0.4, 0.5) is 0 Å². The van der Waals surface area contributed by atoms with Gasteiger partial charge < -0.3 is 24.4 Å². The zero-order chi connectivity index (χ0) is 21.8. The molecule has 1 atom stereocenters. The van der Waals surface area contributed by atoms with Crippen molar-refractivity contribution in [1.82, 2.24) is 0 Å². The molecule has 0 radical (unpaired) electrons. The lowest BCUT2D eigenvalue weighted by atomic mass is 10.2. The molecule has 0 aliphatic heterocycles. The highest BCUT2D eigenvalue weighted by Crippen LogP contribution is 2.30. The van der Waals surface area contributed by atoms with Gasteiger partial charge in [0.25, 0.3) is 0 Å². The molecule has 8 heteroatoms. The predicted octanol–water partition coefficient (Wildman–Crippen LogP) is 3.45. The van der Waals surface area contributed by atoms with Crippen molar-refractivity contribution >= 4 is 9.84 Å². The first-order valence-corrected chi connectivity index (χ1v) is 11.0. The molecule has 0 amide bonds. The lowest BCUT2D eigenvalue weighted by molar-refractivity contribution is -0.0437. The molecular formula is C21H28O7S. The molecule has 2 N–H and O–H groups in total. The molecule has 0 saturated heterocycles. The fourth-order valence-corrected chi connectivity index (χ4v) is 3.02. The topological polar surface area (TPSA) is 102 Å². The first-order valence-electron chi connectivity index (χ1n) is 9.13. The van der Waals surface area contributed by atoms with E-state index in [0.717, 1.165) is 6.26 Å². The Bertz CT molecular complexity index is 913. The van der Waals surface area contributed by atoms with Gasteiger partial charge in [-0.3, -0.25) is 0 Å². The van der Waals surface area contributed by atoms with E-state index in [1.54, 1.807) is 6.07 Å². The molecule has 160 valence electrons. The van der Waals surface area contributed by atoms with Crippen LogP contribution in [-0.2, 0) is 14.6 Å². The van der Waals surface area contributed by atoms with E-state index in [4.69, 9.17) is 14.2 Å². The Labute approximate surface area is 171 Å². The maximum Gasteiger partial charge on any atom is 0.178 e. The third-order valence-electron chi connectivity index (χ3n) is 3.78. The molecule has 0 heterocycles. The summed E-state index contributed by atoms with van der Waals surface area (Å²) in [7, 11) is -3.30. The third kappa shape index (κ3) is 7.66. The van der Waals surface area contributed by atoms with Crippen LogP contribution in [0.1, 0.15) is 39.5 Å². The van der Waals surface area contributed by atoms with E-state index in [0.29, 0.717) is 23.9 Å². The van der Waals surface area contributed by atoms with Crippen LogP contribution in [0.3, 0.4) is 0 Å². The Morgan fingerprint density at radius 3 is 2.07 bits per heavy atom. The molecule has 0 bridgehead atoms. The van der Waals surface area contributed by atoms with E-state index < -0.39 is 16.1 Å². The van der Waals surface area contributed by atoms with Crippen molar-refractivity contribution in [2.24, 2.45) is 0 Å². The Kier molecular flexibility index (Phi) is 7.29. The highest BCUT2D eigenvalue weighted by Gasteiger charge is 2.15. The summed E-state index contributed by atoms with van der Waals surface area (Å²) in [4.78, 5) is 0.182. The second-order valence-corrected chi connectivity index (χ2v) is 9.82. The molecule has 0 aliphatic carbocycles. The largest absolute Gasteiger partial charge is 0.488 e. The summed E-state index contributed by atoms with van der Waals surface area (Å²) in [5.41, 5.74) is -0.0955. The summed E-state index contributed by atoms with van der Waals surface area (Å²) in [6.45, 7) is 8.05. The summed E-state index contributed by atoms with van der Waals surface area (Å²) >= 11 is 0. The van der Waals surface area contributed by atoms with Gasteiger partial charge in [-0.25, -0.2) is 8.42 Å². The van der Waals surface area contributed by atoms with Gasteiger partial charge in [-0.2, -0.15) is 0 Å². The fraction of sp³-hybridized carbons (Fsp3) is 0.429. The Balaban J connectivity index is 2.19. The van der Waals surface area contributed by atoms with Crippen LogP contribution >= 0.6 is 0 Å². The van der Waals surface area contributed by atoms with Gasteiger partial charge in [0.05, 0.1) is 17.1 Å². The summed E-state index contributed by atoms with van der Waals surface area (Å²) < 4.78 is 40.4. The van der Waals surface area contributed by atoms with Crippen LogP contribution in [0.25, 0.3) is 0 Å². The molecule has 2 aromatic carbocycles. The number of hydrogen-bond acceptors (Lipinski definition) is 7. The number of rotatable bonds is 8. The highest BCUT2D eigenvalue weighted by molar-refractivity contribution is 7.90. The molecule has 0 aromatic heterocycles. The molecule has 0 spiro atoms. The van der Waals surface area contributed by atoms with E-state index in [1.807, 2.05) is 27.7 Å². The summed E-state index contributed by atoms with van der Waals surface area (Å²) in [6.07, 6.45) is -0.847. The molecule has 0 fully saturated rings. The van der Waals surface area contributed by atoms with E-state index >= 15 is 0 Å². The lowest BCUT2D eigenvalue weighted by Crippen LogP contribution is -2.27. The van der Waals surface area contributed by atoms with Crippen LogP contribution in [0.2, 0.25) is 0 Å². The van der Waals surface area contributed by atoms with Crippen molar-refractivity contribution in [1.29, 1.82) is 0 Å². The minimum absolute atomic E-state index is 0.182. The minimum Gasteiger partial charge on any atom is -0.488 e. The van der Waals surface area contributed by atoms with Crippen LogP contribution in [0.15, 0.2) is 47.4 Å². The first-order chi connectivity index (χ1) is 13.3. The molecule has 0 aliphatic rings. The average Bonchev–Trinajstić information content (AvgIpc) is 2.59. The molecule has 29 heavy (non-hydrogen) atoms. The average molecular weight is 425 g/mol. The number of benzene rings is 2. The molecular weight excluding hydrogens is 396 g/mol. The summed E-state index contributed by atoms with van der Waals surface area (Å²) in [5, 5.41) is 19.1. The minimum atomic E-state index is -3.30. The van der Waals surface area contributed by atoms with E-state index in [1.165, 1.54) is 36.4 Å². The molecule has 0 unspecified atom stereocenters. The van der Waals surface area contributed by atoms with Crippen LogP contribution < -0.4 is 9.47 Å². The zero-order valence-corrected chi connectivity index (χ0v) is 18.1. The number of sulfone groups is 1. The standard InChI is InChI=1S/C21H28O7S/c1-14(13-26-21(2,3)4)27-17-10-15(20(22)23)11-18(12-17)28-16-6-8-19(9-7-16)29(5,24)25/h6-12,14,20,22-23H,13H2,1-5H3/t14-/m0/s1. The Morgan fingerprint density at radius 2 is 1.55 bits per heavy atom. The van der Waals surface area contributed by atoms with Crippen LogP contribution in [0, 0.1) is 0 Å². The monoisotopic (exact) mass is 424 g/mol. The molecule has 2 rings (SSSR count). The normalized spacial score (nSPS) is 13.4. The zero-order valence-electron chi connectivity index (χ0n) is 17.2.